The lowest BCUT2D eigenvalue weighted by Crippen LogP contribution is -2.44. The Balaban J connectivity index is 2.14. The van der Waals surface area contributed by atoms with E-state index in [0.29, 0.717) is 5.92 Å². The van der Waals surface area contributed by atoms with Gasteiger partial charge in [-0.1, -0.05) is 6.92 Å². The Morgan fingerprint density at radius 2 is 1.95 bits per heavy atom. The Hall–Kier alpha value is -0.820. The quantitative estimate of drug-likeness (QED) is 0.697. The summed E-state index contributed by atoms with van der Waals surface area (Å²) in [7, 11) is 0. The summed E-state index contributed by atoms with van der Waals surface area (Å²) in [6, 6.07) is 0. The van der Waals surface area contributed by atoms with Crippen LogP contribution in [0.15, 0.2) is 0 Å². The zero-order valence-corrected chi connectivity index (χ0v) is 11.9. The van der Waals surface area contributed by atoms with Crippen molar-refractivity contribution in [1.82, 2.24) is 15.5 Å². The number of hydrogen-bond donors (Lipinski definition) is 2. The minimum Gasteiger partial charge on any atom is -0.346 e. The fraction of sp³-hybridized carbons (Fsp3) is 0.923. The van der Waals surface area contributed by atoms with Gasteiger partial charge in [-0.2, -0.15) is 13.2 Å². The first-order valence-corrected chi connectivity index (χ1v) is 7.17. The normalized spacial score (nSPS) is 18.2. The number of nitrogens with one attached hydrogen (secondary N) is 2. The molecule has 0 aromatic carbocycles. The number of amides is 1. The van der Waals surface area contributed by atoms with Gasteiger partial charge in [0.2, 0.25) is 5.91 Å². The van der Waals surface area contributed by atoms with Crippen molar-refractivity contribution in [3.05, 3.63) is 0 Å². The predicted octanol–water partition coefficient (Wildman–Crippen LogP) is 1.38. The summed E-state index contributed by atoms with van der Waals surface area (Å²) in [5.74, 6) is 0.0564. The maximum absolute atomic E-state index is 12.0. The van der Waals surface area contributed by atoms with E-state index in [2.05, 4.69) is 12.2 Å². The van der Waals surface area contributed by atoms with Crippen molar-refractivity contribution in [2.75, 3.05) is 39.3 Å². The highest BCUT2D eigenvalue weighted by molar-refractivity contribution is 5.78. The molecule has 4 nitrogen and oxygen atoms in total. The average Bonchev–Trinajstić information content (AvgIpc) is 2.38. The molecule has 0 aromatic rings. The molecule has 0 bridgehead atoms. The van der Waals surface area contributed by atoms with Gasteiger partial charge in [0.05, 0.1) is 6.54 Å². The summed E-state index contributed by atoms with van der Waals surface area (Å²) in [5.41, 5.74) is 0. The van der Waals surface area contributed by atoms with Crippen LogP contribution in [-0.4, -0.2) is 56.3 Å². The van der Waals surface area contributed by atoms with Gasteiger partial charge in [0.25, 0.3) is 0 Å². The van der Waals surface area contributed by atoms with E-state index in [1.807, 2.05) is 10.2 Å². The number of rotatable bonds is 7. The van der Waals surface area contributed by atoms with Gasteiger partial charge in [-0.3, -0.25) is 9.69 Å². The standard InChI is InChI=1S/C13H24F3N3O/c1-2-5-17-8-11-3-6-19(7-4-11)9-12(20)18-10-13(14,15)16/h11,17H,2-10H2,1H3,(H,18,20). The number of piperidine rings is 1. The molecule has 118 valence electrons. The van der Waals surface area contributed by atoms with Crippen molar-refractivity contribution < 1.29 is 18.0 Å². The fourth-order valence-electron chi connectivity index (χ4n) is 2.29. The van der Waals surface area contributed by atoms with E-state index in [-0.39, 0.29) is 6.54 Å². The Kier molecular flexibility index (Phi) is 7.29. The van der Waals surface area contributed by atoms with Gasteiger partial charge in [-0.15, -0.1) is 0 Å². The SMILES string of the molecule is CCCNCC1CCN(CC(=O)NCC(F)(F)F)CC1. The molecule has 1 aliphatic rings. The monoisotopic (exact) mass is 295 g/mol. The van der Waals surface area contributed by atoms with Crippen molar-refractivity contribution >= 4 is 5.91 Å². The number of hydrogen-bond acceptors (Lipinski definition) is 3. The van der Waals surface area contributed by atoms with Gasteiger partial charge >= 0.3 is 6.18 Å². The van der Waals surface area contributed by atoms with E-state index < -0.39 is 18.6 Å². The zero-order chi connectivity index (χ0) is 15.0. The van der Waals surface area contributed by atoms with Crippen LogP contribution in [0.25, 0.3) is 0 Å². The third-order valence-corrected chi connectivity index (χ3v) is 3.42. The van der Waals surface area contributed by atoms with Crippen molar-refractivity contribution in [3.63, 3.8) is 0 Å². The number of carbonyl (C=O) groups is 1. The number of nitrogens with zero attached hydrogens (tertiary/aromatic N) is 1. The van der Waals surface area contributed by atoms with Crippen LogP contribution in [0.2, 0.25) is 0 Å². The molecule has 0 atom stereocenters. The van der Waals surface area contributed by atoms with Crippen molar-refractivity contribution in [2.24, 2.45) is 5.92 Å². The van der Waals surface area contributed by atoms with E-state index in [4.69, 9.17) is 0 Å². The van der Waals surface area contributed by atoms with Crippen LogP contribution in [0.1, 0.15) is 26.2 Å². The molecular weight excluding hydrogens is 271 g/mol. The molecule has 1 amide bonds. The lowest BCUT2D eigenvalue weighted by atomic mass is 9.97. The van der Waals surface area contributed by atoms with Crippen molar-refractivity contribution in [3.8, 4) is 0 Å². The molecule has 0 aliphatic carbocycles. The van der Waals surface area contributed by atoms with Crippen LogP contribution < -0.4 is 10.6 Å². The molecule has 0 aromatic heterocycles. The Labute approximate surface area is 118 Å². The number of halogens is 3. The summed E-state index contributed by atoms with van der Waals surface area (Å²) in [5, 5.41) is 5.28. The predicted molar refractivity (Wildman–Crippen MR) is 71.4 cm³/mol. The third kappa shape index (κ3) is 7.69. The summed E-state index contributed by atoms with van der Waals surface area (Å²) < 4.78 is 35.9. The van der Waals surface area contributed by atoms with Gasteiger partial charge < -0.3 is 10.6 Å². The molecule has 20 heavy (non-hydrogen) atoms. The summed E-state index contributed by atoms with van der Waals surface area (Å²) >= 11 is 0. The minimum atomic E-state index is -4.34. The highest BCUT2D eigenvalue weighted by Crippen LogP contribution is 2.16. The highest BCUT2D eigenvalue weighted by atomic mass is 19.4. The molecule has 0 saturated carbocycles. The van der Waals surface area contributed by atoms with Gasteiger partial charge in [-0.25, -0.2) is 0 Å². The lowest BCUT2D eigenvalue weighted by Gasteiger charge is -2.31. The molecule has 7 heteroatoms. The Morgan fingerprint density at radius 1 is 1.30 bits per heavy atom. The van der Waals surface area contributed by atoms with E-state index in [0.717, 1.165) is 45.4 Å². The van der Waals surface area contributed by atoms with Gasteiger partial charge in [0.15, 0.2) is 0 Å². The van der Waals surface area contributed by atoms with Gasteiger partial charge in [0.1, 0.15) is 6.54 Å². The second-order valence-corrected chi connectivity index (χ2v) is 5.32. The van der Waals surface area contributed by atoms with Gasteiger partial charge in [-0.05, 0) is 51.4 Å². The maximum Gasteiger partial charge on any atom is 0.405 e. The summed E-state index contributed by atoms with van der Waals surface area (Å²) in [6.45, 7) is 4.49. The third-order valence-electron chi connectivity index (χ3n) is 3.42. The fourth-order valence-corrected chi connectivity index (χ4v) is 2.29. The first-order chi connectivity index (χ1) is 9.40. The minimum absolute atomic E-state index is 0.0607. The second kappa shape index (κ2) is 8.46. The first-order valence-electron chi connectivity index (χ1n) is 7.17. The van der Waals surface area contributed by atoms with E-state index >= 15 is 0 Å². The molecule has 0 spiro atoms. The molecular formula is C13H24F3N3O. The molecule has 2 N–H and O–H groups in total. The topological polar surface area (TPSA) is 44.4 Å². The number of alkyl halides is 3. The summed E-state index contributed by atoms with van der Waals surface area (Å²) in [6.07, 6.45) is -1.25. The van der Waals surface area contributed by atoms with Crippen LogP contribution in [0.3, 0.4) is 0 Å². The maximum atomic E-state index is 12.0. The molecule has 0 unspecified atom stereocenters. The van der Waals surface area contributed by atoms with E-state index in [1.54, 1.807) is 0 Å². The van der Waals surface area contributed by atoms with Gasteiger partial charge in [0, 0.05) is 0 Å². The first kappa shape index (κ1) is 17.2. The largest absolute Gasteiger partial charge is 0.405 e. The van der Waals surface area contributed by atoms with E-state index in [9.17, 15) is 18.0 Å². The average molecular weight is 295 g/mol. The molecule has 1 rings (SSSR count). The summed E-state index contributed by atoms with van der Waals surface area (Å²) in [4.78, 5) is 13.3. The van der Waals surface area contributed by atoms with Crippen LogP contribution >= 0.6 is 0 Å². The van der Waals surface area contributed by atoms with Crippen molar-refractivity contribution in [2.45, 2.75) is 32.4 Å². The van der Waals surface area contributed by atoms with Crippen molar-refractivity contribution in [1.29, 1.82) is 0 Å². The molecule has 0 radical (unpaired) electrons. The Morgan fingerprint density at radius 3 is 2.50 bits per heavy atom. The molecule has 1 aliphatic heterocycles. The van der Waals surface area contributed by atoms with Crippen LogP contribution in [-0.2, 0) is 4.79 Å². The highest BCUT2D eigenvalue weighted by Gasteiger charge is 2.28. The van der Waals surface area contributed by atoms with Crippen LogP contribution in [0.4, 0.5) is 13.2 Å². The second-order valence-electron chi connectivity index (χ2n) is 5.32. The molecule has 1 heterocycles. The number of carbonyl (C=O) groups excluding carboxylic acids is 1. The van der Waals surface area contributed by atoms with Crippen LogP contribution in [0, 0.1) is 5.92 Å². The van der Waals surface area contributed by atoms with Crippen LogP contribution in [0.5, 0.6) is 0 Å². The molecule has 1 saturated heterocycles. The zero-order valence-electron chi connectivity index (χ0n) is 11.9. The van der Waals surface area contributed by atoms with E-state index in [1.165, 1.54) is 0 Å². The Bertz CT molecular complexity index is 289. The number of likely N-dealkylation sites (tertiary alicyclic amines) is 1. The lowest BCUT2D eigenvalue weighted by molar-refractivity contribution is -0.139. The smallest absolute Gasteiger partial charge is 0.346 e. The molecule has 1 fully saturated rings.